The van der Waals surface area contributed by atoms with Crippen LogP contribution in [0.4, 0.5) is 4.39 Å². The number of carbonyl (C=O) groups is 1. The average Bonchev–Trinajstić information content (AvgIpc) is 3.05. The van der Waals surface area contributed by atoms with E-state index in [1.807, 2.05) is 0 Å². The number of hydrogen-bond acceptors (Lipinski definition) is 6. The van der Waals surface area contributed by atoms with Gasteiger partial charge in [-0.25, -0.2) is 9.37 Å². The third-order valence-corrected chi connectivity index (χ3v) is 4.68. The van der Waals surface area contributed by atoms with E-state index >= 15 is 0 Å². The Morgan fingerprint density at radius 2 is 1.96 bits per heavy atom. The van der Waals surface area contributed by atoms with Crippen molar-refractivity contribution in [3.63, 3.8) is 0 Å². The number of pyridine rings is 1. The maximum Gasteiger partial charge on any atom is 0.311 e. The summed E-state index contributed by atoms with van der Waals surface area (Å²) in [5, 5.41) is 7.61. The normalized spacial score (nSPS) is 19.3. The zero-order valence-corrected chi connectivity index (χ0v) is 13.0. The van der Waals surface area contributed by atoms with Gasteiger partial charge in [0.1, 0.15) is 11.5 Å². The second-order valence-corrected chi connectivity index (χ2v) is 6.19. The van der Waals surface area contributed by atoms with Crippen molar-refractivity contribution in [2.24, 2.45) is 11.8 Å². The van der Waals surface area contributed by atoms with Crippen molar-refractivity contribution in [1.29, 1.82) is 0 Å². The SMILES string of the molecule is O=C(c1nnc(-c2ccc(F)cn2)o1)N1CC(C2CCOCC2)C1. The smallest absolute Gasteiger partial charge is 0.311 e. The molecule has 2 fully saturated rings. The molecule has 8 heteroatoms. The summed E-state index contributed by atoms with van der Waals surface area (Å²) in [6.07, 6.45) is 3.19. The van der Waals surface area contributed by atoms with Crippen LogP contribution in [0.15, 0.2) is 22.7 Å². The van der Waals surface area contributed by atoms with Gasteiger partial charge in [0.05, 0.1) is 6.20 Å². The van der Waals surface area contributed by atoms with Crippen molar-refractivity contribution in [3.8, 4) is 11.6 Å². The number of nitrogens with zero attached hydrogens (tertiary/aromatic N) is 4. The monoisotopic (exact) mass is 332 g/mol. The van der Waals surface area contributed by atoms with E-state index in [1.165, 1.54) is 12.1 Å². The molecule has 126 valence electrons. The first-order valence-corrected chi connectivity index (χ1v) is 8.03. The molecule has 0 bridgehead atoms. The predicted octanol–water partition coefficient (Wildman–Crippen LogP) is 1.77. The number of rotatable bonds is 3. The zero-order valence-electron chi connectivity index (χ0n) is 13.0. The fraction of sp³-hybridized carbons (Fsp3) is 0.500. The number of hydrogen-bond donors (Lipinski definition) is 0. The molecule has 4 heterocycles. The molecule has 0 atom stereocenters. The number of halogens is 1. The van der Waals surface area contributed by atoms with Crippen LogP contribution in [-0.2, 0) is 4.74 Å². The molecular weight excluding hydrogens is 315 g/mol. The first kappa shape index (κ1) is 15.2. The van der Waals surface area contributed by atoms with Crippen LogP contribution in [0.2, 0.25) is 0 Å². The lowest BCUT2D eigenvalue weighted by Crippen LogP contribution is -2.53. The van der Waals surface area contributed by atoms with Crippen molar-refractivity contribution in [2.75, 3.05) is 26.3 Å². The molecular formula is C16H17FN4O3. The van der Waals surface area contributed by atoms with Crippen LogP contribution < -0.4 is 0 Å². The summed E-state index contributed by atoms with van der Waals surface area (Å²) in [5.74, 6) is 0.498. The summed E-state index contributed by atoms with van der Waals surface area (Å²) in [6, 6.07) is 2.68. The minimum absolute atomic E-state index is 0.0541. The Hall–Kier alpha value is -2.35. The van der Waals surface area contributed by atoms with Crippen LogP contribution in [0.5, 0.6) is 0 Å². The minimum atomic E-state index is -0.450. The maximum atomic E-state index is 12.9. The second-order valence-electron chi connectivity index (χ2n) is 6.19. The molecule has 2 saturated heterocycles. The van der Waals surface area contributed by atoms with Crippen LogP contribution >= 0.6 is 0 Å². The highest BCUT2D eigenvalue weighted by Crippen LogP contribution is 2.31. The van der Waals surface area contributed by atoms with E-state index in [2.05, 4.69) is 15.2 Å². The molecule has 4 rings (SSSR count). The van der Waals surface area contributed by atoms with Crippen LogP contribution in [-0.4, -0.2) is 52.3 Å². The van der Waals surface area contributed by atoms with E-state index in [9.17, 15) is 9.18 Å². The fourth-order valence-corrected chi connectivity index (χ4v) is 3.21. The highest BCUT2D eigenvalue weighted by atomic mass is 19.1. The average molecular weight is 332 g/mol. The lowest BCUT2D eigenvalue weighted by molar-refractivity contribution is -0.00415. The molecule has 1 amide bonds. The van der Waals surface area contributed by atoms with Gasteiger partial charge in [-0.2, -0.15) is 0 Å². The Balaban J connectivity index is 1.38. The summed E-state index contributed by atoms with van der Waals surface area (Å²) < 4.78 is 23.6. The van der Waals surface area contributed by atoms with Crippen molar-refractivity contribution >= 4 is 5.91 Å². The lowest BCUT2D eigenvalue weighted by atomic mass is 9.81. The highest BCUT2D eigenvalue weighted by Gasteiger charge is 2.38. The highest BCUT2D eigenvalue weighted by molar-refractivity contribution is 5.90. The summed E-state index contributed by atoms with van der Waals surface area (Å²) >= 11 is 0. The number of aromatic nitrogens is 3. The standard InChI is InChI=1S/C16H17FN4O3/c17-12-1-2-13(18-7-12)14-19-20-15(24-14)16(22)21-8-11(9-21)10-3-5-23-6-4-10/h1-2,7,10-11H,3-6,8-9H2. The Morgan fingerprint density at radius 1 is 1.17 bits per heavy atom. The summed E-state index contributed by atoms with van der Waals surface area (Å²) in [7, 11) is 0. The van der Waals surface area contributed by atoms with Crippen molar-refractivity contribution in [1.82, 2.24) is 20.1 Å². The molecule has 2 aromatic rings. The molecule has 2 aromatic heterocycles. The number of amides is 1. The molecule has 0 saturated carbocycles. The Bertz CT molecular complexity index is 721. The third kappa shape index (κ3) is 2.89. The lowest BCUT2D eigenvalue weighted by Gasteiger charge is -2.43. The molecule has 24 heavy (non-hydrogen) atoms. The Labute approximate surface area is 137 Å². The molecule has 0 spiro atoms. The Morgan fingerprint density at radius 3 is 2.67 bits per heavy atom. The largest absolute Gasteiger partial charge is 0.411 e. The molecule has 0 N–H and O–H groups in total. The second kappa shape index (κ2) is 6.27. The summed E-state index contributed by atoms with van der Waals surface area (Å²) in [4.78, 5) is 18.0. The van der Waals surface area contributed by atoms with E-state index in [4.69, 9.17) is 9.15 Å². The number of ether oxygens (including phenoxy) is 1. The van der Waals surface area contributed by atoms with Gasteiger partial charge in [-0.3, -0.25) is 4.79 Å². The quantitative estimate of drug-likeness (QED) is 0.852. The van der Waals surface area contributed by atoms with E-state index in [0.717, 1.165) is 45.3 Å². The Kier molecular flexibility index (Phi) is 3.97. The zero-order chi connectivity index (χ0) is 16.5. The first-order valence-electron chi connectivity index (χ1n) is 8.03. The predicted molar refractivity (Wildman–Crippen MR) is 80.4 cm³/mol. The van der Waals surface area contributed by atoms with Crippen LogP contribution in [0, 0.1) is 17.7 Å². The topological polar surface area (TPSA) is 81.3 Å². The number of carbonyl (C=O) groups excluding carboxylic acids is 1. The van der Waals surface area contributed by atoms with E-state index in [1.54, 1.807) is 4.90 Å². The van der Waals surface area contributed by atoms with Crippen molar-refractivity contribution < 1.29 is 18.3 Å². The molecule has 0 aliphatic carbocycles. The minimum Gasteiger partial charge on any atom is -0.411 e. The van der Waals surface area contributed by atoms with Gasteiger partial charge in [0.25, 0.3) is 5.89 Å². The molecule has 0 radical (unpaired) electrons. The van der Waals surface area contributed by atoms with E-state index in [-0.39, 0.29) is 17.7 Å². The van der Waals surface area contributed by atoms with Crippen LogP contribution in [0.3, 0.4) is 0 Å². The number of likely N-dealkylation sites (tertiary alicyclic amines) is 1. The van der Waals surface area contributed by atoms with Gasteiger partial charge in [-0.05, 0) is 36.8 Å². The van der Waals surface area contributed by atoms with E-state index < -0.39 is 5.82 Å². The summed E-state index contributed by atoms with van der Waals surface area (Å²) in [6.45, 7) is 3.06. The fourth-order valence-electron chi connectivity index (χ4n) is 3.21. The van der Waals surface area contributed by atoms with Crippen molar-refractivity contribution in [3.05, 3.63) is 30.0 Å². The van der Waals surface area contributed by atoms with Gasteiger partial charge in [0.15, 0.2) is 0 Å². The van der Waals surface area contributed by atoms with Gasteiger partial charge in [0.2, 0.25) is 0 Å². The van der Waals surface area contributed by atoms with Gasteiger partial charge >= 0.3 is 11.8 Å². The summed E-state index contributed by atoms with van der Waals surface area (Å²) in [5.41, 5.74) is 0.339. The maximum absolute atomic E-state index is 12.9. The molecule has 0 unspecified atom stereocenters. The van der Waals surface area contributed by atoms with E-state index in [0.29, 0.717) is 17.5 Å². The van der Waals surface area contributed by atoms with Gasteiger partial charge < -0.3 is 14.1 Å². The van der Waals surface area contributed by atoms with Gasteiger partial charge in [-0.1, -0.05) is 0 Å². The van der Waals surface area contributed by atoms with Crippen LogP contribution in [0.1, 0.15) is 23.5 Å². The first-order chi connectivity index (χ1) is 11.7. The third-order valence-electron chi connectivity index (χ3n) is 4.68. The molecule has 7 nitrogen and oxygen atoms in total. The molecule has 2 aliphatic heterocycles. The van der Waals surface area contributed by atoms with Gasteiger partial charge in [0, 0.05) is 26.3 Å². The van der Waals surface area contributed by atoms with Gasteiger partial charge in [-0.15, -0.1) is 10.2 Å². The van der Waals surface area contributed by atoms with Crippen LogP contribution in [0.25, 0.3) is 11.6 Å². The van der Waals surface area contributed by atoms with Crippen molar-refractivity contribution in [2.45, 2.75) is 12.8 Å². The molecule has 2 aliphatic rings. The molecule has 0 aromatic carbocycles.